The third-order valence-corrected chi connectivity index (χ3v) is 8.09. The maximum atomic E-state index is 13.4. The van der Waals surface area contributed by atoms with Gasteiger partial charge >= 0.3 is 0 Å². The van der Waals surface area contributed by atoms with Crippen LogP contribution in [0.2, 0.25) is 5.02 Å². The number of thiophene rings is 1. The SMILES string of the molecule is CN1[C@@H](C(=O)Nc2ccc(F)c(Cl)c2)C[C@H](c2ccc(-c3cn(C)cn3)s2)NS1(=O)=O. The van der Waals surface area contributed by atoms with Gasteiger partial charge in [0.1, 0.15) is 11.9 Å². The molecule has 12 heteroatoms. The van der Waals surface area contributed by atoms with Crippen LogP contribution < -0.4 is 10.0 Å². The van der Waals surface area contributed by atoms with Crippen LogP contribution in [0.3, 0.4) is 0 Å². The molecule has 1 fully saturated rings. The molecule has 31 heavy (non-hydrogen) atoms. The summed E-state index contributed by atoms with van der Waals surface area (Å²) >= 11 is 7.18. The molecule has 2 aromatic heterocycles. The second kappa shape index (κ2) is 8.32. The first-order valence-corrected chi connectivity index (χ1v) is 11.9. The highest BCUT2D eigenvalue weighted by atomic mass is 35.5. The molecule has 0 aliphatic carbocycles. The number of hydrogen-bond acceptors (Lipinski definition) is 5. The van der Waals surface area contributed by atoms with Gasteiger partial charge in [-0.1, -0.05) is 11.6 Å². The maximum absolute atomic E-state index is 13.4. The van der Waals surface area contributed by atoms with Crippen LogP contribution in [-0.2, 0) is 22.1 Å². The summed E-state index contributed by atoms with van der Waals surface area (Å²) in [4.78, 5) is 18.9. The number of aromatic nitrogens is 2. The van der Waals surface area contributed by atoms with E-state index >= 15 is 0 Å². The fourth-order valence-electron chi connectivity index (χ4n) is 3.31. The van der Waals surface area contributed by atoms with E-state index in [1.165, 1.54) is 30.5 Å². The van der Waals surface area contributed by atoms with Gasteiger partial charge < -0.3 is 9.88 Å². The van der Waals surface area contributed by atoms with Crippen molar-refractivity contribution in [1.82, 2.24) is 18.6 Å². The number of halogens is 2. The van der Waals surface area contributed by atoms with Gasteiger partial charge in [0.05, 0.1) is 28.0 Å². The lowest BCUT2D eigenvalue weighted by atomic mass is 10.1. The average Bonchev–Trinajstić information content (AvgIpc) is 3.35. The highest BCUT2D eigenvalue weighted by Gasteiger charge is 2.41. The number of nitrogens with one attached hydrogen (secondary N) is 2. The number of aryl methyl sites for hydroxylation is 1. The van der Waals surface area contributed by atoms with Crippen LogP contribution in [0.1, 0.15) is 17.3 Å². The van der Waals surface area contributed by atoms with Gasteiger partial charge in [0, 0.05) is 30.9 Å². The van der Waals surface area contributed by atoms with E-state index in [9.17, 15) is 17.6 Å². The Bertz CT molecular complexity index is 1240. The van der Waals surface area contributed by atoms with Gasteiger partial charge in [-0.25, -0.2) is 9.37 Å². The molecular weight excluding hydrogens is 465 g/mol. The number of anilines is 1. The standard InChI is InChI=1S/C19H19ClFN5O3S2/c1-25-9-15(22-10-25)18-6-5-17(30-18)14-8-16(26(2)31(28,29)24-14)19(27)23-11-3-4-13(21)12(20)7-11/h3-7,9-10,14,16,24H,8H2,1-2H3,(H,23,27)/t14-,16-/m1/s1. The fraction of sp³-hybridized carbons (Fsp3) is 0.263. The summed E-state index contributed by atoms with van der Waals surface area (Å²) in [6.07, 6.45) is 3.78. The number of carbonyl (C=O) groups is 1. The summed E-state index contributed by atoms with van der Waals surface area (Å²) in [7, 11) is -0.678. The molecule has 3 heterocycles. The first-order chi connectivity index (χ1) is 14.6. The van der Waals surface area contributed by atoms with E-state index in [2.05, 4.69) is 15.0 Å². The Labute approximate surface area is 187 Å². The Kier molecular flexibility index (Phi) is 5.88. The van der Waals surface area contributed by atoms with E-state index in [1.54, 1.807) is 6.33 Å². The van der Waals surface area contributed by atoms with E-state index < -0.39 is 34.0 Å². The third-order valence-electron chi connectivity index (χ3n) is 4.99. The first kappa shape index (κ1) is 21.9. The van der Waals surface area contributed by atoms with Crippen molar-refractivity contribution in [3.63, 3.8) is 0 Å². The number of imidazole rings is 1. The molecule has 1 aliphatic heterocycles. The van der Waals surface area contributed by atoms with Gasteiger partial charge in [0.15, 0.2) is 0 Å². The Morgan fingerprint density at radius 1 is 1.32 bits per heavy atom. The molecule has 1 aliphatic rings. The van der Waals surface area contributed by atoms with Gasteiger partial charge in [0.2, 0.25) is 5.91 Å². The molecule has 4 rings (SSSR count). The highest BCUT2D eigenvalue weighted by molar-refractivity contribution is 7.87. The van der Waals surface area contributed by atoms with Crippen LogP contribution >= 0.6 is 22.9 Å². The van der Waals surface area contributed by atoms with Crippen molar-refractivity contribution in [3.05, 3.63) is 58.6 Å². The van der Waals surface area contributed by atoms with Gasteiger partial charge in [-0.15, -0.1) is 11.3 Å². The number of likely N-dealkylation sites (N-methyl/N-ethyl adjacent to an activating group) is 1. The molecule has 0 saturated carbocycles. The fourth-order valence-corrected chi connectivity index (χ4v) is 5.87. The van der Waals surface area contributed by atoms with Crippen LogP contribution in [0, 0.1) is 5.82 Å². The lowest BCUT2D eigenvalue weighted by Crippen LogP contribution is -2.55. The lowest BCUT2D eigenvalue weighted by molar-refractivity contribution is -0.120. The molecule has 1 aromatic carbocycles. The van der Waals surface area contributed by atoms with Crippen LogP contribution in [-0.4, -0.2) is 41.3 Å². The molecule has 3 aromatic rings. The van der Waals surface area contributed by atoms with Crippen LogP contribution in [0.25, 0.3) is 10.6 Å². The van der Waals surface area contributed by atoms with Crippen molar-refractivity contribution >= 4 is 44.7 Å². The van der Waals surface area contributed by atoms with Crippen molar-refractivity contribution in [1.29, 1.82) is 0 Å². The first-order valence-electron chi connectivity index (χ1n) is 9.23. The zero-order chi connectivity index (χ0) is 22.3. The quantitative estimate of drug-likeness (QED) is 0.595. The molecule has 0 radical (unpaired) electrons. The smallest absolute Gasteiger partial charge is 0.280 e. The largest absolute Gasteiger partial charge is 0.340 e. The summed E-state index contributed by atoms with van der Waals surface area (Å²) in [6.45, 7) is 0. The molecule has 1 saturated heterocycles. The number of hydrogen-bond donors (Lipinski definition) is 2. The zero-order valence-corrected chi connectivity index (χ0v) is 18.9. The van der Waals surface area contributed by atoms with Crippen molar-refractivity contribution in [2.75, 3.05) is 12.4 Å². The average molecular weight is 484 g/mol. The molecule has 2 N–H and O–H groups in total. The van der Waals surface area contributed by atoms with E-state index in [0.717, 1.165) is 25.8 Å². The summed E-state index contributed by atoms with van der Waals surface area (Å²) in [5, 5.41) is 2.48. The van der Waals surface area contributed by atoms with Crippen LogP contribution in [0.5, 0.6) is 0 Å². The van der Waals surface area contributed by atoms with Crippen molar-refractivity contribution in [3.8, 4) is 10.6 Å². The zero-order valence-electron chi connectivity index (χ0n) is 16.5. The van der Waals surface area contributed by atoms with Gasteiger partial charge in [0.25, 0.3) is 10.2 Å². The second-order valence-corrected chi connectivity index (χ2v) is 10.5. The van der Waals surface area contributed by atoms with Gasteiger partial charge in [-0.2, -0.15) is 17.4 Å². The number of nitrogens with zero attached hydrogens (tertiary/aromatic N) is 3. The molecule has 2 atom stereocenters. The number of benzene rings is 1. The molecule has 0 spiro atoms. The Morgan fingerprint density at radius 3 is 2.77 bits per heavy atom. The number of carbonyl (C=O) groups excluding carboxylic acids is 1. The predicted molar refractivity (Wildman–Crippen MR) is 118 cm³/mol. The van der Waals surface area contributed by atoms with Gasteiger partial charge in [-0.3, -0.25) is 4.79 Å². The van der Waals surface area contributed by atoms with E-state index in [0.29, 0.717) is 0 Å². The van der Waals surface area contributed by atoms with Gasteiger partial charge in [-0.05, 0) is 36.8 Å². The summed E-state index contributed by atoms with van der Waals surface area (Å²) in [6, 6.07) is 5.96. The van der Waals surface area contributed by atoms with Crippen LogP contribution in [0.15, 0.2) is 42.9 Å². The summed E-state index contributed by atoms with van der Waals surface area (Å²) in [5.41, 5.74) is 1.07. The Hall–Kier alpha value is -2.31. The molecule has 1 amide bonds. The monoisotopic (exact) mass is 483 g/mol. The second-order valence-electron chi connectivity index (χ2n) is 7.19. The van der Waals surface area contributed by atoms with E-state index in [4.69, 9.17) is 11.6 Å². The maximum Gasteiger partial charge on any atom is 0.280 e. The van der Waals surface area contributed by atoms with E-state index in [1.807, 2.05) is 29.9 Å². The molecule has 0 bridgehead atoms. The molecule has 8 nitrogen and oxygen atoms in total. The molecule has 0 unspecified atom stereocenters. The normalized spacial score (nSPS) is 21.2. The molecule has 164 valence electrons. The number of rotatable bonds is 4. The topological polar surface area (TPSA) is 96.3 Å². The predicted octanol–water partition coefficient (Wildman–Crippen LogP) is 3.16. The molecular formula is C19H19ClFN5O3S2. The minimum atomic E-state index is -3.89. The third kappa shape index (κ3) is 4.51. The Balaban J connectivity index is 1.57. The highest BCUT2D eigenvalue weighted by Crippen LogP contribution is 2.35. The summed E-state index contributed by atoms with van der Waals surface area (Å²) < 4.78 is 44.2. The Morgan fingerprint density at radius 2 is 2.10 bits per heavy atom. The minimum absolute atomic E-state index is 0.136. The summed E-state index contributed by atoms with van der Waals surface area (Å²) in [5.74, 6) is -1.13. The minimum Gasteiger partial charge on any atom is -0.340 e. The number of amides is 1. The van der Waals surface area contributed by atoms with Crippen LogP contribution in [0.4, 0.5) is 10.1 Å². The lowest BCUT2D eigenvalue weighted by Gasteiger charge is -2.35. The van der Waals surface area contributed by atoms with Crippen molar-refractivity contribution in [2.45, 2.75) is 18.5 Å². The van der Waals surface area contributed by atoms with Crippen molar-refractivity contribution < 1.29 is 17.6 Å². The van der Waals surface area contributed by atoms with E-state index in [-0.39, 0.29) is 17.1 Å². The van der Waals surface area contributed by atoms with Crippen molar-refractivity contribution in [2.24, 2.45) is 7.05 Å².